The van der Waals surface area contributed by atoms with Gasteiger partial charge in [-0.3, -0.25) is 15.0 Å². The first-order valence-corrected chi connectivity index (χ1v) is 11.3. The van der Waals surface area contributed by atoms with Crippen molar-refractivity contribution in [2.24, 2.45) is 0 Å². The molecule has 1 aromatic carbocycles. The van der Waals surface area contributed by atoms with E-state index in [0.29, 0.717) is 25.0 Å². The summed E-state index contributed by atoms with van der Waals surface area (Å²) in [5.41, 5.74) is 3.48. The van der Waals surface area contributed by atoms with Crippen molar-refractivity contribution in [1.29, 1.82) is 0 Å². The highest BCUT2D eigenvalue weighted by Gasteiger charge is 2.46. The first-order chi connectivity index (χ1) is 14.5. The van der Waals surface area contributed by atoms with E-state index in [1.807, 2.05) is 18.7 Å². The van der Waals surface area contributed by atoms with Crippen LogP contribution < -0.4 is 10.6 Å². The molecule has 1 aromatic rings. The molecule has 0 saturated carbocycles. The number of rotatable bonds is 6. The minimum Gasteiger partial charge on any atom is -0.384 e. The van der Waals surface area contributed by atoms with E-state index >= 15 is 0 Å². The Morgan fingerprint density at radius 2 is 2.07 bits per heavy atom. The van der Waals surface area contributed by atoms with Crippen LogP contribution in [0, 0.1) is 10.1 Å². The zero-order chi connectivity index (χ0) is 21.4. The highest BCUT2D eigenvalue weighted by Crippen LogP contribution is 2.51. The fourth-order valence-electron chi connectivity index (χ4n) is 5.79. The van der Waals surface area contributed by atoms with Gasteiger partial charge >= 0.3 is 6.03 Å². The molecule has 1 saturated heterocycles. The van der Waals surface area contributed by atoms with Gasteiger partial charge in [0.15, 0.2) is 0 Å². The van der Waals surface area contributed by atoms with Gasteiger partial charge in [-0.2, -0.15) is 0 Å². The number of fused-ring (bicyclic) bond motifs is 2. The van der Waals surface area contributed by atoms with Crippen LogP contribution in [0.25, 0.3) is 0 Å². The molecule has 8 heteroatoms. The van der Waals surface area contributed by atoms with E-state index in [1.54, 1.807) is 12.1 Å². The lowest BCUT2D eigenvalue weighted by Crippen LogP contribution is -2.58. The lowest BCUT2D eigenvalue weighted by atomic mass is 9.69. The van der Waals surface area contributed by atoms with Crippen molar-refractivity contribution in [3.8, 4) is 0 Å². The number of nitrogens with zero attached hydrogens (tertiary/aromatic N) is 3. The molecule has 0 spiro atoms. The van der Waals surface area contributed by atoms with Crippen molar-refractivity contribution in [3.05, 3.63) is 33.4 Å². The highest BCUT2D eigenvalue weighted by molar-refractivity contribution is 5.74. The van der Waals surface area contributed by atoms with Crippen molar-refractivity contribution >= 4 is 17.4 Å². The number of non-ortho nitro benzene ring substituents is 1. The fourth-order valence-corrected chi connectivity index (χ4v) is 5.79. The largest absolute Gasteiger partial charge is 0.384 e. The second-order valence-electron chi connectivity index (χ2n) is 8.79. The Balaban J connectivity index is 1.67. The molecule has 2 N–H and O–H groups in total. The van der Waals surface area contributed by atoms with Crippen molar-refractivity contribution < 1.29 is 9.72 Å². The smallest absolute Gasteiger partial charge is 0.317 e. The second-order valence-corrected chi connectivity index (χ2v) is 8.79. The molecule has 4 atom stereocenters. The molecule has 0 unspecified atom stereocenters. The van der Waals surface area contributed by atoms with Gasteiger partial charge in [0.25, 0.3) is 5.69 Å². The van der Waals surface area contributed by atoms with Gasteiger partial charge in [-0.25, -0.2) is 4.79 Å². The minimum atomic E-state index is -0.290. The van der Waals surface area contributed by atoms with E-state index in [9.17, 15) is 14.9 Å². The molecule has 2 amide bonds. The third kappa shape index (κ3) is 3.62. The second kappa shape index (κ2) is 8.41. The van der Waals surface area contributed by atoms with E-state index in [1.165, 1.54) is 5.56 Å². The molecule has 164 valence electrons. The number of nitrogens with one attached hydrogen (secondary N) is 2. The summed E-state index contributed by atoms with van der Waals surface area (Å²) in [6, 6.07) is 3.89. The number of hydrogen-bond acceptors (Lipinski definition) is 5. The number of nitro groups is 1. The van der Waals surface area contributed by atoms with Crippen LogP contribution in [-0.4, -0.2) is 65.6 Å². The maximum absolute atomic E-state index is 12.7. The normalized spacial score (nSPS) is 27.0. The van der Waals surface area contributed by atoms with Gasteiger partial charge in [-0.15, -0.1) is 0 Å². The Bertz CT molecular complexity index is 825. The molecule has 2 aliphatic heterocycles. The fraction of sp³-hybridized carbons (Fsp3) is 0.682. The van der Waals surface area contributed by atoms with Crippen molar-refractivity contribution in [2.75, 3.05) is 38.0 Å². The number of urea groups is 1. The third-order valence-corrected chi connectivity index (χ3v) is 7.10. The summed E-state index contributed by atoms with van der Waals surface area (Å²) in [5.74, 6) is 0.621. The van der Waals surface area contributed by atoms with Crippen LogP contribution in [0.2, 0.25) is 0 Å². The molecule has 4 rings (SSSR count). The van der Waals surface area contributed by atoms with Gasteiger partial charge in [0.1, 0.15) is 0 Å². The number of amides is 2. The van der Waals surface area contributed by atoms with Crippen LogP contribution in [-0.2, 0) is 0 Å². The Morgan fingerprint density at radius 1 is 1.30 bits per heavy atom. The maximum Gasteiger partial charge on any atom is 0.317 e. The number of anilines is 1. The van der Waals surface area contributed by atoms with Gasteiger partial charge in [-0.1, -0.05) is 6.92 Å². The number of hydrogen-bond donors (Lipinski definition) is 2. The Kier molecular flexibility index (Phi) is 5.86. The van der Waals surface area contributed by atoms with E-state index in [2.05, 4.69) is 22.5 Å². The predicted molar refractivity (Wildman–Crippen MR) is 117 cm³/mol. The van der Waals surface area contributed by atoms with Crippen molar-refractivity contribution in [2.45, 2.75) is 64.0 Å². The molecule has 3 aliphatic rings. The zero-order valence-corrected chi connectivity index (χ0v) is 18.2. The van der Waals surface area contributed by atoms with Crippen LogP contribution in [0.4, 0.5) is 16.2 Å². The first-order valence-electron chi connectivity index (χ1n) is 11.3. The molecule has 1 aliphatic carbocycles. The monoisotopic (exact) mass is 415 g/mol. The maximum atomic E-state index is 12.7. The standard InChI is InChI=1S/C22H33N5O3/c1-4-7-26-13-15(24-22(28)25(5-2)6-3)9-17-18-10-16(27(29)30)11-19-21(18)14(12-23-19)8-20(17)26/h10-11,14-15,17,20,23H,4-9,12-13H2,1-3H3,(H,24,28)/t14-,15-,17+,20+/m0/s1. The summed E-state index contributed by atoms with van der Waals surface area (Å²) in [6.45, 7) is 10.2. The van der Waals surface area contributed by atoms with E-state index in [-0.39, 0.29) is 28.6 Å². The molecule has 2 heterocycles. The number of nitro benzene ring substituents is 1. The topological polar surface area (TPSA) is 90.8 Å². The number of piperidine rings is 1. The Labute approximate surface area is 178 Å². The highest BCUT2D eigenvalue weighted by atomic mass is 16.6. The SMILES string of the molecule is CCCN1C[C@@H](NC(=O)N(CC)CC)C[C@@H]2c3cc([N+](=O)[O-])cc4c3[C@H](CN4)C[C@H]21. The Morgan fingerprint density at radius 3 is 2.73 bits per heavy atom. The van der Waals surface area contributed by atoms with Gasteiger partial charge in [0.05, 0.1) is 4.92 Å². The first kappa shape index (κ1) is 20.9. The van der Waals surface area contributed by atoms with E-state index in [4.69, 9.17) is 0 Å². The van der Waals surface area contributed by atoms with Crippen LogP contribution >= 0.6 is 0 Å². The van der Waals surface area contributed by atoms with Crippen LogP contribution in [0.3, 0.4) is 0 Å². The molecule has 8 nitrogen and oxygen atoms in total. The number of carbonyl (C=O) groups is 1. The molecule has 0 aromatic heterocycles. The van der Waals surface area contributed by atoms with Crippen LogP contribution in [0.1, 0.15) is 63.0 Å². The van der Waals surface area contributed by atoms with Crippen molar-refractivity contribution in [3.63, 3.8) is 0 Å². The zero-order valence-electron chi connectivity index (χ0n) is 18.2. The van der Waals surface area contributed by atoms with Crippen LogP contribution in [0.5, 0.6) is 0 Å². The summed E-state index contributed by atoms with van der Waals surface area (Å²) < 4.78 is 0. The number of likely N-dealkylation sites (tertiary alicyclic amines) is 1. The molecular weight excluding hydrogens is 382 g/mol. The quantitative estimate of drug-likeness (QED) is 0.548. The summed E-state index contributed by atoms with van der Waals surface area (Å²) in [6.07, 6.45) is 2.96. The lowest BCUT2D eigenvalue weighted by Gasteiger charge is -2.49. The molecule has 0 radical (unpaired) electrons. The van der Waals surface area contributed by atoms with Gasteiger partial charge in [0.2, 0.25) is 0 Å². The predicted octanol–water partition coefficient (Wildman–Crippen LogP) is 3.50. The molecular formula is C22H33N5O3. The molecule has 30 heavy (non-hydrogen) atoms. The van der Waals surface area contributed by atoms with E-state index in [0.717, 1.165) is 50.1 Å². The van der Waals surface area contributed by atoms with E-state index < -0.39 is 0 Å². The summed E-state index contributed by atoms with van der Waals surface area (Å²) in [5, 5.41) is 18.2. The number of carbonyl (C=O) groups excluding carboxylic acids is 1. The molecule has 0 bridgehead atoms. The summed E-state index contributed by atoms with van der Waals surface area (Å²) >= 11 is 0. The average Bonchev–Trinajstić information content (AvgIpc) is 3.13. The average molecular weight is 416 g/mol. The number of benzene rings is 1. The lowest BCUT2D eigenvalue weighted by molar-refractivity contribution is -0.384. The summed E-state index contributed by atoms with van der Waals surface area (Å²) in [4.78, 5) is 28.3. The summed E-state index contributed by atoms with van der Waals surface area (Å²) in [7, 11) is 0. The third-order valence-electron chi connectivity index (χ3n) is 7.10. The Hall–Kier alpha value is -2.35. The van der Waals surface area contributed by atoms with Gasteiger partial charge in [0, 0.05) is 67.9 Å². The minimum absolute atomic E-state index is 0.0143. The van der Waals surface area contributed by atoms with Gasteiger partial charge < -0.3 is 15.5 Å². The van der Waals surface area contributed by atoms with Crippen molar-refractivity contribution in [1.82, 2.24) is 15.1 Å². The van der Waals surface area contributed by atoms with Crippen LogP contribution in [0.15, 0.2) is 12.1 Å². The molecule has 1 fully saturated rings. The van der Waals surface area contributed by atoms with Gasteiger partial charge in [-0.05, 0) is 50.8 Å².